The van der Waals surface area contributed by atoms with E-state index in [1.54, 1.807) is 5.30 Å². The van der Waals surface area contributed by atoms with E-state index in [9.17, 15) is 0 Å². The van der Waals surface area contributed by atoms with Gasteiger partial charge in [-0.25, -0.2) is 0 Å². The summed E-state index contributed by atoms with van der Waals surface area (Å²) in [5.74, 6) is 2.00. The van der Waals surface area contributed by atoms with Crippen molar-refractivity contribution >= 4 is 24.8 Å². The zero-order valence-electron chi connectivity index (χ0n) is 17.5. The fraction of sp³-hybridized carbons (Fsp3) is 0.696. The van der Waals surface area contributed by atoms with Crippen LogP contribution in [0, 0.1) is 6.38 Å². The molecule has 0 spiro atoms. The second-order valence-corrected chi connectivity index (χ2v) is 10.3. The quantitative estimate of drug-likeness (QED) is 0.215. The first-order valence-electron chi connectivity index (χ1n) is 10.8. The minimum atomic E-state index is -0.106. The average Bonchev–Trinajstić information content (AvgIpc) is 2.72. The second-order valence-electron chi connectivity index (χ2n) is 7.52. The molecule has 0 heterocycles. The fourth-order valence-corrected chi connectivity index (χ4v) is 8.48. The Labute approximate surface area is 192 Å². The van der Waals surface area contributed by atoms with Crippen molar-refractivity contribution in [2.24, 2.45) is 0 Å². The molecule has 28 heavy (non-hydrogen) atoms. The fourth-order valence-electron chi connectivity index (χ4n) is 4.64. The van der Waals surface area contributed by atoms with Crippen molar-refractivity contribution < 1.29 is 29.9 Å². The van der Waals surface area contributed by atoms with Crippen LogP contribution in [0.25, 0.3) is 0 Å². The Morgan fingerprint density at radius 1 is 0.786 bits per heavy atom. The van der Waals surface area contributed by atoms with Gasteiger partial charge in [0.2, 0.25) is 0 Å². The molecule has 2 aliphatic rings. The Morgan fingerprint density at radius 2 is 1.18 bits per heavy atom. The van der Waals surface area contributed by atoms with Gasteiger partial charge in [0, 0.05) is 26.5 Å². The molecule has 0 aliphatic heterocycles. The first-order valence-corrected chi connectivity index (χ1v) is 12.8. The Hall–Kier alpha value is 0.202. The Morgan fingerprint density at radius 3 is 1.54 bits per heavy atom. The maximum Gasteiger partial charge on any atom is 0.123 e. The molecule has 2 aliphatic carbocycles. The number of benzene rings is 1. The zero-order chi connectivity index (χ0) is 19.5. The molecule has 1 aromatic carbocycles. The van der Waals surface area contributed by atoms with Crippen molar-refractivity contribution in [1.29, 1.82) is 0 Å². The number of halogens is 1. The third kappa shape index (κ3) is 7.80. The summed E-state index contributed by atoms with van der Waals surface area (Å²) >= 11 is 4.39. The summed E-state index contributed by atoms with van der Waals surface area (Å²) < 4.78 is 11.8. The molecule has 2 saturated carbocycles. The SMILES string of the molecule is CCOc1cc(OCC)cc(P(C2CCCCC2)C2CCCCC2)c1.[CH2-]Cl.[Pd]. The van der Waals surface area contributed by atoms with E-state index in [0.717, 1.165) is 36.0 Å². The number of rotatable bonds is 7. The smallest absolute Gasteiger partial charge is 0.123 e. The second kappa shape index (κ2) is 15.1. The van der Waals surface area contributed by atoms with E-state index in [4.69, 9.17) is 9.47 Å². The van der Waals surface area contributed by atoms with Gasteiger partial charge in [0.1, 0.15) is 11.5 Å². The van der Waals surface area contributed by atoms with Crippen molar-refractivity contribution in [2.75, 3.05) is 13.2 Å². The molecule has 0 N–H and O–H groups in total. The largest absolute Gasteiger partial charge is 0.494 e. The maximum atomic E-state index is 5.89. The first-order chi connectivity index (χ1) is 13.3. The molecular formula is C23H37ClO2PPd-. The van der Waals surface area contributed by atoms with Crippen molar-refractivity contribution in [1.82, 2.24) is 0 Å². The van der Waals surface area contributed by atoms with Crippen molar-refractivity contribution in [3.63, 3.8) is 0 Å². The number of hydrogen-bond donors (Lipinski definition) is 0. The summed E-state index contributed by atoms with van der Waals surface area (Å²) in [6.45, 7) is 5.58. The zero-order valence-corrected chi connectivity index (χ0v) is 20.7. The molecule has 164 valence electrons. The Balaban J connectivity index is 0.00000127. The number of hydrogen-bond acceptors (Lipinski definition) is 2. The standard InChI is InChI=1S/C22H35O2P.CH2Cl.Pd/c1-3-23-18-15-19(24-4-2)17-22(16-18)25(20-11-7-5-8-12-20)21-13-9-6-10-14-21;1-2;/h15-17,20-21H,3-14H2,1-2H3;1H2;/q;-1;. The molecule has 0 radical (unpaired) electrons. The van der Waals surface area contributed by atoms with E-state index >= 15 is 0 Å². The van der Waals surface area contributed by atoms with Gasteiger partial charge in [-0.05, 0) is 68.3 Å². The van der Waals surface area contributed by atoms with Gasteiger partial charge in [-0.15, -0.1) is 0 Å². The summed E-state index contributed by atoms with van der Waals surface area (Å²) in [7, 11) is -0.106. The van der Waals surface area contributed by atoms with Crippen molar-refractivity contribution in [3.05, 3.63) is 24.6 Å². The normalized spacial score (nSPS) is 18.0. The Kier molecular flexibility index (Phi) is 14.1. The molecule has 2 nitrogen and oxygen atoms in total. The van der Waals surface area contributed by atoms with Crippen LogP contribution in [0.3, 0.4) is 0 Å². The van der Waals surface area contributed by atoms with Crippen LogP contribution < -0.4 is 14.8 Å². The summed E-state index contributed by atoms with van der Waals surface area (Å²) in [4.78, 5) is 0. The first kappa shape index (κ1) is 26.2. The van der Waals surface area contributed by atoms with E-state index < -0.39 is 0 Å². The van der Waals surface area contributed by atoms with Gasteiger partial charge >= 0.3 is 0 Å². The average molecular weight is 518 g/mol. The summed E-state index contributed by atoms with van der Waals surface area (Å²) in [5.41, 5.74) is 1.83. The van der Waals surface area contributed by atoms with E-state index in [1.165, 1.54) is 64.2 Å². The molecule has 0 amide bonds. The topological polar surface area (TPSA) is 18.5 Å². The molecule has 5 heteroatoms. The van der Waals surface area contributed by atoms with E-state index in [2.05, 4.69) is 50.0 Å². The maximum absolute atomic E-state index is 5.89. The van der Waals surface area contributed by atoms with Gasteiger partial charge < -0.3 is 21.1 Å². The molecule has 2 fully saturated rings. The molecule has 0 unspecified atom stereocenters. The van der Waals surface area contributed by atoms with Crippen LogP contribution >= 0.6 is 19.5 Å². The van der Waals surface area contributed by atoms with Crippen LogP contribution in [0.5, 0.6) is 11.5 Å². The summed E-state index contributed by atoms with van der Waals surface area (Å²) in [6.07, 6.45) is 17.1. The van der Waals surface area contributed by atoms with Crippen LogP contribution in [-0.4, -0.2) is 24.5 Å². The predicted molar refractivity (Wildman–Crippen MR) is 120 cm³/mol. The van der Waals surface area contributed by atoms with E-state index in [1.807, 2.05) is 0 Å². The monoisotopic (exact) mass is 517 g/mol. The van der Waals surface area contributed by atoms with Gasteiger partial charge in [-0.3, -0.25) is 6.38 Å². The van der Waals surface area contributed by atoms with Crippen LogP contribution in [0.15, 0.2) is 18.2 Å². The van der Waals surface area contributed by atoms with Crippen LogP contribution in [0.4, 0.5) is 0 Å². The molecule has 0 saturated heterocycles. The molecule has 3 rings (SSSR count). The minimum Gasteiger partial charge on any atom is -0.494 e. The molecule has 0 bridgehead atoms. The van der Waals surface area contributed by atoms with Gasteiger partial charge in [-0.1, -0.05) is 46.4 Å². The van der Waals surface area contributed by atoms with Crippen molar-refractivity contribution in [2.45, 2.75) is 89.4 Å². The van der Waals surface area contributed by atoms with Crippen LogP contribution in [0.1, 0.15) is 78.1 Å². The van der Waals surface area contributed by atoms with Gasteiger partial charge in [0.25, 0.3) is 0 Å². The molecule has 0 aromatic heterocycles. The summed E-state index contributed by atoms with van der Waals surface area (Å²) in [5, 5.41) is 1.54. The third-order valence-electron chi connectivity index (χ3n) is 5.72. The van der Waals surface area contributed by atoms with Crippen molar-refractivity contribution in [3.8, 4) is 11.5 Å². The molecule has 1 aromatic rings. The molecule has 0 atom stereocenters. The minimum absolute atomic E-state index is 0. The summed E-state index contributed by atoms with van der Waals surface area (Å²) in [6, 6.07) is 6.77. The molecular weight excluding hydrogens is 481 g/mol. The van der Waals surface area contributed by atoms with Crippen LogP contribution in [-0.2, 0) is 20.4 Å². The third-order valence-corrected chi connectivity index (χ3v) is 9.18. The van der Waals surface area contributed by atoms with Gasteiger partial charge in [0.05, 0.1) is 13.2 Å². The predicted octanol–water partition coefficient (Wildman–Crippen LogP) is 7.27. The van der Waals surface area contributed by atoms with E-state index in [0.29, 0.717) is 0 Å². The Bertz CT molecular complexity index is 489. The number of ether oxygens (including phenoxy) is 2. The van der Waals surface area contributed by atoms with Gasteiger partial charge in [0.15, 0.2) is 0 Å². The van der Waals surface area contributed by atoms with Gasteiger partial charge in [-0.2, -0.15) is 0 Å². The van der Waals surface area contributed by atoms with Crippen LogP contribution in [0.2, 0.25) is 0 Å². The van der Waals surface area contributed by atoms with E-state index in [-0.39, 0.29) is 28.3 Å².